The second-order valence-corrected chi connectivity index (χ2v) is 29.5. The van der Waals surface area contributed by atoms with Crippen molar-refractivity contribution in [3.8, 4) is 61.5 Å². The summed E-state index contributed by atoms with van der Waals surface area (Å²) in [5.41, 5.74) is 28.7. The van der Waals surface area contributed by atoms with E-state index in [9.17, 15) is 0 Å². The quantitative estimate of drug-likeness (QED) is 0.0790. The number of aromatic nitrogens is 3. The van der Waals surface area contributed by atoms with Crippen molar-refractivity contribution in [2.24, 2.45) is 0 Å². The minimum absolute atomic E-state index is 0. The first kappa shape index (κ1) is 76.3. The van der Waals surface area contributed by atoms with E-state index in [-0.39, 0.29) is 49.1 Å². The molecule has 2 aromatic heterocycles. The molecule has 1 radical (unpaired) electrons. The Labute approximate surface area is 672 Å². The van der Waals surface area contributed by atoms with Gasteiger partial charge in [-0.3, -0.25) is 4.98 Å². The largest absolute Gasteiger partial charge is 0.393 e. The summed E-state index contributed by atoms with van der Waals surface area (Å²) >= 11 is 0. The molecule has 0 amide bonds. The molecule has 18 rings (SSSR count). The van der Waals surface area contributed by atoms with Gasteiger partial charge in [0.05, 0.1) is 28.7 Å². The van der Waals surface area contributed by atoms with Gasteiger partial charge in [-0.25, -0.2) is 4.98 Å². The number of anilines is 3. The third kappa shape index (κ3) is 16.7. The van der Waals surface area contributed by atoms with Gasteiger partial charge in [0, 0.05) is 70.7 Å². The molecule has 112 heavy (non-hydrogen) atoms. The molecular formula is C105H89IrN4O2-. The third-order valence-electron chi connectivity index (χ3n) is 20.8. The molecule has 1 aliphatic rings. The van der Waals surface area contributed by atoms with Gasteiger partial charge in [0.15, 0.2) is 0 Å². The third-order valence-corrected chi connectivity index (χ3v) is 20.8. The van der Waals surface area contributed by atoms with E-state index in [1.165, 1.54) is 111 Å². The van der Waals surface area contributed by atoms with Crippen LogP contribution in [0.15, 0.2) is 407 Å². The Hall–Kier alpha value is -12.5. The van der Waals surface area contributed by atoms with Crippen LogP contribution in [-0.2, 0) is 30.9 Å². The fourth-order valence-corrected chi connectivity index (χ4v) is 15.6. The van der Waals surface area contributed by atoms with E-state index in [1.807, 2.05) is 30.3 Å². The van der Waals surface area contributed by atoms with Crippen LogP contribution in [0.5, 0.6) is 0 Å². The summed E-state index contributed by atoms with van der Waals surface area (Å²) in [5, 5.41) is 19.6. The SMILES string of the molecule is CC(C)(C)c1cc(-c2[c-]cccc2)ncn1.CC(O)CC(C)O.[Ir].c1ccc(-c2ccc(C(c3ccccc3)c3ccc(C4(c5ccccc5)c5ccccc5-c5ccccc54)cc3)cc2)cc1.c1ccc(-c2ccc(N(c3ccccc3)c3ccc(-c4ccc5c(c4)c4ccccc4n5-c4ccccc4)cc3)cc2)cc1. The Kier molecular flexibility index (Phi) is 23.9. The average molecular weight is 1630 g/mol. The van der Waals surface area contributed by atoms with E-state index >= 15 is 0 Å². The second-order valence-electron chi connectivity index (χ2n) is 29.5. The number of benzene rings is 15. The molecular weight excluding hydrogens is 1540 g/mol. The number of aliphatic hydroxyl groups excluding tert-OH is 2. The van der Waals surface area contributed by atoms with Gasteiger partial charge >= 0.3 is 0 Å². The predicted molar refractivity (Wildman–Crippen MR) is 462 cm³/mol. The van der Waals surface area contributed by atoms with Gasteiger partial charge in [0.2, 0.25) is 0 Å². The fourth-order valence-electron chi connectivity index (χ4n) is 15.6. The maximum Gasteiger partial charge on any atom is 0.105 e. The van der Waals surface area contributed by atoms with E-state index in [2.05, 4.69) is 416 Å². The molecule has 0 saturated carbocycles. The van der Waals surface area contributed by atoms with E-state index in [1.54, 1.807) is 20.2 Å². The summed E-state index contributed by atoms with van der Waals surface area (Å²) in [6.07, 6.45) is 1.34. The van der Waals surface area contributed by atoms with Crippen molar-refractivity contribution in [1.82, 2.24) is 14.5 Å². The first-order valence-electron chi connectivity index (χ1n) is 38.3. The Morgan fingerprint density at radius 3 is 1.31 bits per heavy atom. The van der Waals surface area contributed by atoms with Crippen LogP contribution in [0.1, 0.15) is 91.6 Å². The van der Waals surface area contributed by atoms with Crippen molar-refractivity contribution in [3.63, 3.8) is 0 Å². The second kappa shape index (κ2) is 35.1. The summed E-state index contributed by atoms with van der Waals surface area (Å²) < 4.78 is 2.36. The van der Waals surface area contributed by atoms with E-state index in [0.29, 0.717) is 6.42 Å². The molecule has 0 aliphatic heterocycles. The smallest absolute Gasteiger partial charge is 0.105 e. The van der Waals surface area contributed by atoms with Gasteiger partial charge in [0.25, 0.3) is 0 Å². The standard InChI is InChI=1S/C44H32.C42H30N2.C14H15N2.C5H12O2.Ir/c1-4-14-32(15-5-1)33-24-26-35(27-25-33)43(34-16-6-2-7-17-34)36-28-30-38(31-29-36)44(37-18-8-3-9-19-37)41-22-12-10-20-39(41)40-21-11-13-23-42(40)44;1-4-12-31(13-5-1)32-20-25-37(26-21-32)43(35-14-6-2-7-15-35)38-27-22-33(23-28-38)34-24-29-42-40(30-34)39-18-10-11-19-41(39)44(42)36-16-8-3-9-17-36;1-14(2,3)13-9-12(15-10-16-13)11-7-5-4-6-8-11;1-4(6)3-5(2)7;/h1-31,43H;1-30H;4-7,9-10H,1-3H3;4-7H,3H2,1-2H3;/q;;-1;;. The number of para-hydroxylation sites is 3. The normalized spacial score (nSPS) is 12.5. The van der Waals surface area contributed by atoms with E-state index < -0.39 is 0 Å². The zero-order valence-corrected chi connectivity index (χ0v) is 66.0. The predicted octanol–water partition coefficient (Wildman–Crippen LogP) is 25.9. The Morgan fingerprint density at radius 1 is 0.375 bits per heavy atom. The topological polar surface area (TPSA) is 74.4 Å². The average Bonchev–Trinajstić information content (AvgIpc) is 1.54. The van der Waals surface area contributed by atoms with Gasteiger partial charge in [-0.05, 0) is 176 Å². The maximum atomic E-state index is 8.56. The maximum absolute atomic E-state index is 8.56. The van der Waals surface area contributed by atoms with Crippen molar-refractivity contribution in [2.75, 3.05) is 4.90 Å². The van der Waals surface area contributed by atoms with Crippen LogP contribution in [0, 0.1) is 6.07 Å². The molecule has 7 heteroatoms. The number of aliphatic hydroxyl groups is 2. The molecule has 2 heterocycles. The molecule has 3 atom stereocenters. The molecule has 551 valence electrons. The zero-order valence-electron chi connectivity index (χ0n) is 63.6. The molecule has 0 saturated heterocycles. The minimum atomic E-state index is -0.382. The molecule has 1 aliphatic carbocycles. The Bertz CT molecular complexity index is 5810. The van der Waals surface area contributed by atoms with Gasteiger partial charge in [-0.2, -0.15) is 0 Å². The van der Waals surface area contributed by atoms with Crippen molar-refractivity contribution in [1.29, 1.82) is 0 Å². The van der Waals surface area contributed by atoms with E-state index in [4.69, 9.17) is 10.2 Å². The van der Waals surface area contributed by atoms with E-state index in [0.717, 1.165) is 34.0 Å². The van der Waals surface area contributed by atoms with Crippen LogP contribution in [0.4, 0.5) is 17.1 Å². The number of nitrogens with zero attached hydrogens (tertiary/aromatic N) is 4. The van der Waals surface area contributed by atoms with Crippen LogP contribution in [0.25, 0.3) is 83.3 Å². The molecule has 0 bridgehead atoms. The van der Waals surface area contributed by atoms with Gasteiger partial charge in [0.1, 0.15) is 6.33 Å². The fraction of sp³-hybridized carbons (Fsp3) is 0.105. The van der Waals surface area contributed by atoms with Gasteiger partial charge < -0.3 is 19.7 Å². The molecule has 0 spiro atoms. The van der Waals surface area contributed by atoms with Crippen molar-refractivity contribution < 1.29 is 30.3 Å². The first-order valence-corrected chi connectivity index (χ1v) is 38.3. The van der Waals surface area contributed by atoms with Crippen molar-refractivity contribution in [3.05, 3.63) is 457 Å². The van der Waals surface area contributed by atoms with Gasteiger partial charge in [-0.1, -0.05) is 330 Å². The number of hydrogen-bond acceptors (Lipinski definition) is 5. The number of rotatable bonds is 15. The van der Waals surface area contributed by atoms with Crippen LogP contribution in [0.3, 0.4) is 0 Å². The molecule has 6 nitrogen and oxygen atoms in total. The number of hydrogen-bond donors (Lipinski definition) is 2. The Balaban J connectivity index is 0.000000145. The summed E-state index contributed by atoms with van der Waals surface area (Å²) in [6, 6.07) is 147. The van der Waals surface area contributed by atoms with Crippen LogP contribution in [0.2, 0.25) is 0 Å². The molecule has 2 N–H and O–H groups in total. The molecule has 3 unspecified atom stereocenters. The summed E-state index contributed by atoms with van der Waals surface area (Å²) in [6.45, 7) is 9.76. The van der Waals surface area contributed by atoms with Crippen LogP contribution < -0.4 is 4.90 Å². The monoisotopic (exact) mass is 1630 g/mol. The zero-order chi connectivity index (χ0) is 76.1. The summed E-state index contributed by atoms with van der Waals surface area (Å²) in [7, 11) is 0. The molecule has 0 fully saturated rings. The minimum Gasteiger partial charge on any atom is -0.393 e. The van der Waals surface area contributed by atoms with Crippen molar-refractivity contribution in [2.45, 2.75) is 70.0 Å². The summed E-state index contributed by atoms with van der Waals surface area (Å²) in [5.74, 6) is 0.130. The van der Waals surface area contributed by atoms with Crippen LogP contribution in [-0.4, -0.2) is 37.0 Å². The Morgan fingerprint density at radius 2 is 0.786 bits per heavy atom. The van der Waals surface area contributed by atoms with Gasteiger partial charge in [-0.15, -0.1) is 35.9 Å². The molecule has 15 aromatic carbocycles. The first-order chi connectivity index (χ1) is 54.4. The van der Waals surface area contributed by atoms with Crippen molar-refractivity contribution >= 4 is 38.9 Å². The van der Waals surface area contributed by atoms with Crippen LogP contribution >= 0.6 is 0 Å². The number of fused-ring (bicyclic) bond motifs is 6. The summed E-state index contributed by atoms with van der Waals surface area (Å²) in [4.78, 5) is 10.9. The molecule has 17 aromatic rings.